The summed E-state index contributed by atoms with van der Waals surface area (Å²) in [6.45, 7) is 2.64. The van der Waals surface area contributed by atoms with Crippen molar-refractivity contribution in [2.24, 2.45) is 5.92 Å². The number of aliphatic carboxylic acids is 1. The van der Waals surface area contributed by atoms with E-state index in [9.17, 15) is 4.79 Å². The van der Waals surface area contributed by atoms with Crippen molar-refractivity contribution in [1.29, 1.82) is 0 Å². The van der Waals surface area contributed by atoms with Crippen LogP contribution in [0.2, 0.25) is 0 Å². The molecule has 6 heteroatoms. The Morgan fingerprint density at radius 1 is 1.53 bits per heavy atom. The molecular weight excluding hydrogens is 264 g/mol. The monoisotopic (exact) mass is 282 g/mol. The van der Waals surface area contributed by atoms with Gasteiger partial charge in [0.05, 0.1) is 5.69 Å². The standard InChI is InChI=1S/C13H18N2O3S/c16-12(17)9-1-2-10-11(9)15-13(19-10)14-5-3-8-4-6-18-7-8/h8-9H,1-7H2,(H,14,15)(H,16,17). The van der Waals surface area contributed by atoms with Crippen LogP contribution in [0, 0.1) is 5.92 Å². The van der Waals surface area contributed by atoms with Crippen molar-refractivity contribution in [3.05, 3.63) is 10.6 Å². The van der Waals surface area contributed by atoms with Gasteiger partial charge in [-0.15, -0.1) is 11.3 Å². The summed E-state index contributed by atoms with van der Waals surface area (Å²) in [6.07, 6.45) is 3.79. The number of hydrogen-bond acceptors (Lipinski definition) is 5. The molecule has 0 spiro atoms. The van der Waals surface area contributed by atoms with Crippen molar-refractivity contribution in [1.82, 2.24) is 4.98 Å². The predicted octanol–water partition coefficient (Wildman–Crippen LogP) is 2.10. The number of thiazole rings is 1. The lowest BCUT2D eigenvalue weighted by Gasteiger charge is -2.07. The van der Waals surface area contributed by atoms with E-state index in [-0.39, 0.29) is 0 Å². The van der Waals surface area contributed by atoms with Gasteiger partial charge >= 0.3 is 5.97 Å². The van der Waals surface area contributed by atoms with E-state index in [0.717, 1.165) is 54.7 Å². The van der Waals surface area contributed by atoms with Crippen LogP contribution in [-0.2, 0) is 16.0 Å². The summed E-state index contributed by atoms with van der Waals surface area (Å²) in [5, 5.41) is 13.3. The zero-order valence-corrected chi connectivity index (χ0v) is 11.5. The zero-order chi connectivity index (χ0) is 13.2. The summed E-state index contributed by atoms with van der Waals surface area (Å²) in [5.41, 5.74) is 0.782. The molecular formula is C13H18N2O3S. The number of nitrogens with one attached hydrogen (secondary N) is 1. The van der Waals surface area contributed by atoms with E-state index in [1.165, 1.54) is 0 Å². The van der Waals surface area contributed by atoms with Crippen LogP contribution in [0.15, 0.2) is 0 Å². The third-order valence-electron chi connectivity index (χ3n) is 3.87. The highest BCUT2D eigenvalue weighted by Crippen LogP contribution is 2.38. The van der Waals surface area contributed by atoms with Crippen molar-refractivity contribution < 1.29 is 14.6 Å². The minimum atomic E-state index is -0.751. The first-order valence-electron chi connectivity index (χ1n) is 6.78. The lowest BCUT2D eigenvalue weighted by atomic mass is 10.1. The van der Waals surface area contributed by atoms with Crippen molar-refractivity contribution in [2.75, 3.05) is 25.1 Å². The molecule has 3 rings (SSSR count). The van der Waals surface area contributed by atoms with Crippen molar-refractivity contribution in [3.63, 3.8) is 0 Å². The van der Waals surface area contributed by atoms with Gasteiger partial charge in [0.25, 0.3) is 0 Å². The number of carboxylic acids is 1. The molecule has 1 aromatic heterocycles. The molecule has 19 heavy (non-hydrogen) atoms. The van der Waals surface area contributed by atoms with Crippen LogP contribution in [0.3, 0.4) is 0 Å². The molecule has 2 heterocycles. The maximum absolute atomic E-state index is 11.1. The highest BCUT2D eigenvalue weighted by atomic mass is 32.1. The number of hydrogen-bond donors (Lipinski definition) is 2. The summed E-state index contributed by atoms with van der Waals surface area (Å²) < 4.78 is 5.34. The summed E-state index contributed by atoms with van der Waals surface area (Å²) in [5.74, 6) is -0.491. The number of carboxylic acid groups (broad SMARTS) is 1. The van der Waals surface area contributed by atoms with Gasteiger partial charge in [-0.3, -0.25) is 4.79 Å². The van der Waals surface area contributed by atoms with Crippen LogP contribution in [0.4, 0.5) is 5.13 Å². The fourth-order valence-electron chi connectivity index (χ4n) is 2.74. The Morgan fingerprint density at radius 3 is 3.16 bits per heavy atom. The van der Waals surface area contributed by atoms with Crippen molar-refractivity contribution in [2.45, 2.75) is 31.6 Å². The van der Waals surface area contributed by atoms with E-state index in [0.29, 0.717) is 12.3 Å². The third-order valence-corrected chi connectivity index (χ3v) is 4.96. The van der Waals surface area contributed by atoms with Gasteiger partial charge in [-0.2, -0.15) is 0 Å². The lowest BCUT2D eigenvalue weighted by molar-refractivity contribution is -0.138. The number of ether oxygens (including phenoxy) is 1. The molecule has 2 unspecified atom stereocenters. The van der Waals surface area contributed by atoms with Gasteiger partial charge in [-0.1, -0.05) is 0 Å². The first-order chi connectivity index (χ1) is 9.24. The largest absolute Gasteiger partial charge is 0.481 e. The predicted molar refractivity (Wildman–Crippen MR) is 72.8 cm³/mol. The van der Waals surface area contributed by atoms with Crippen molar-refractivity contribution in [3.8, 4) is 0 Å². The van der Waals surface area contributed by atoms with E-state index < -0.39 is 11.9 Å². The topological polar surface area (TPSA) is 71.5 Å². The summed E-state index contributed by atoms with van der Waals surface area (Å²) in [4.78, 5) is 16.7. The molecule has 2 atom stereocenters. The molecule has 0 radical (unpaired) electrons. The van der Waals surface area contributed by atoms with Gasteiger partial charge in [0.2, 0.25) is 0 Å². The SMILES string of the molecule is O=C(O)C1CCc2sc(NCCC3CCOC3)nc21. The van der Waals surface area contributed by atoms with Gasteiger partial charge in [0.15, 0.2) is 5.13 Å². The van der Waals surface area contributed by atoms with E-state index in [2.05, 4.69) is 10.3 Å². The number of fused-ring (bicyclic) bond motifs is 1. The highest BCUT2D eigenvalue weighted by Gasteiger charge is 2.32. The second-order valence-electron chi connectivity index (χ2n) is 5.20. The number of anilines is 1. The lowest BCUT2D eigenvalue weighted by Crippen LogP contribution is -2.10. The third kappa shape index (κ3) is 2.74. The molecule has 5 nitrogen and oxygen atoms in total. The van der Waals surface area contributed by atoms with E-state index >= 15 is 0 Å². The zero-order valence-electron chi connectivity index (χ0n) is 10.7. The minimum absolute atomic E-state index is 0.398. The smallest absolute Gasteiger partial charge is 0.312 e. The van der Waals surface area contributed by atoms with Gasteiger partial charge in [0.1, 0.15) is 5.92 Å². The minimum Gasteiger partial charge on any atom is -0.481 e. The Morgan fingerprint density at radius 2 is 2.42 bits per heavy atom. The summed E-state index contributed by atoms with van der Waals surface area (Å²) in [7, 11) is 0. The van der Waals surface area contributed by atoms with E-state index in [1.54, 1.807) is 11.3 Å². The van der Waals surface area contributed by atoms with E-state index in [4.69, 9.17) is 9.84 Å². The number of nitrogens with zero attached hydrogens (tertiary/aromatic N) is 1. The van der Waals surface area contributed by atoms with Crippen LogP contribution in [0.25, 0.3) is 0 Å². The molecule has 2 aliphatic rings. The molecule has 1 aliphatic carbocycles. The fraction of sp³-hybridized carbons (Fsp3) is 0.692. The highest BCUT2D eigenvalue weighted by molar-refractivity contribution is 7.15. The Hall–Kier alpha value is -1.14. The number of aryl methyl sites for hydroxylation is 1. The maximum atomic E-state index is 11.1. The van der Waals surface area contributed by atoms with Gasteiger partial charge < -0.3 is 15.2 Å². The molecule has 0 aromatic carbocycles. The number of carbonyl (C=O) groups is 1. The van der Waals surface area contributed by atoms with Gasteiger partial charge in [-0.05, 0) is 31.6 Å². The first kappa shape index (κ1) is 12.9. The van der Waals surface area contributed by atoms with Crippen LogP contribution in [0.1, 0.15) is 35.8 Å². The first-order valence-corrected chi connectivity index (χ1v) is 7.59. The Kier molecular flexibility index (Phi) is 3.70. The second-order valence-corrected chi connectivity index (χ2v) is 6.29. The molecule has 1 fully saturated rings. The van der Waals surface area contributed by atoms with Crippen LogP contribution in [-0.4, -0.2) is 35.8 Å². The molecule has 2 N–H and O–H groups in total. The molecule has 0 saturated carbocycles. The van der Waals surface area contributed by atoms with Gasteiger partial charge in [0, 0.05) is 24.6 Å². The summed E-state index contributed by atoms with van der Waals surface area (Å²) in [6, 6.07) is 0. The Balaban J connectivity index is 1.55. The molecule has 104 valence electrons. The molecule has 0 bridgehead atoms. The van der Waals surface area contributed by atoms with E-state index in [1.807, 2.05) is 0 Å². The van der Waals surface area contributed by atoms with Crippen LogP contribution >= 0.6 is 11.3 Å². The second kappa shape index (κ2) is 5.46. The molecule has 0 amide bonds. The van der Waals surface area contributed by atoms with Crippen molar-refractivity contribution >= 4 is 22.4 Å². The van der Waals surface area contributed by atoms with Crippen LogP contribution < -0.4 is 5.32 Å². The van der Waals surface area contributed by atoms with Crippen LogP contribution in [0.5, 0.6) is 0 Å². The molecule has 1 aliphatic heterocycles. The molecule has 1 saturated heterocycles. The normalized spacial score (nSPS) is 25.5. The fourth-order valence-corrected chi connectivity index (χ4v) is 3.80. The maximum Gasteiger partial charge on any atom is 0.312 e. The average Bonchev–Trinajstić information content (AvgIpc) is 3.03. The quantitative estimate of drug-likeness (QED) is 0.865. The Bertz CT molecular complexity index is 468. The number of rotatable bonds is 5. The molecule has 1 aromatic rings. The van der Waals surface area contributed by atoms with Gasteiger partial charge in [-0.25, -0.2) is 4.98 Å². The Labute approximate surface area is 116 Å². The average molecular weight is 282 g/mol. The summed E-state index contributed by atoms with van der Waals surface area (Å²) >= 11 is 1.61. The number of aromatic nitrogens is 1.